The molecule has 4 nitrogen and oxygen atoms in total. The van der Waals surface area contributed by atoms with E-state index in [0.717, 1.165) is 12.2 Å². The Balaban J connectivity index is 0. The van der Waals surface area contributed by atoms with Crippen molar-refractivity contribution < 1.29 is 19.4 Å². The Morgan fingerprint density at radius 3 is 2.00 bits per heavy atom. The van der Waals surface area contributed by atoms with E-state index in [1.165, 1.54) is 25.7 Å². The van der Waals surface area contributed by atoms with Crippen LogP contribution >= 0.6 is 0 Å². The molecule has 0 heterocycles. The molecule has 0 aliphatic heterocycles. The van der Waals surface area contributed by atoms with Crippen molar-refractivity contribution in [1.82, 2.24) is 0 Å². The van der Waals surface area contributed by atoms with Gasteiger partial charge in [0.2, 0.25) is 0 Å². The van der Waals surface area contributed by atoms with Gasteiger partial charge in [0, 0.05) is 12.2 Å². The van der Waals surface area contributed by atoms with Crippen molar-refractivity contribution in [2.75, 3.05) is 6.61 Å². The van der Waals surface area contributed by atoms with E-state index in [1.54, 1.807) is 8.87 Å². The Bertz CT molecular complexity index is 282. The topological polar surface area (TPSA) is 63.6 Å². The number of hydrogen-bond acceptors (Lipinski definition) is 3. The molecule has 0 fully saturated rings. The van der Waals surface area contributed by atoms with Gasteiger partial charge in [-0.3, -0.25) is 0 Å². The van der Waals surface area contributed by atoms with Crippen molar-refractivity contribution in [3.8, 4) is 0 Å². The maximum atomic E-state index is 10.7. The fourth-order valence-corrected chi connectivity index (χ4v) is 5.32. The molecule has 1 N–H and O–H groups in total. The summed E-state index contributed by atoms with van der Waals surface area (Å²) < 4.78 is 7.91. The zero-order valence-corrected chi connectivity index (χ0v) is 16.7. The summed E-state index contributed by atoms with van der Waals surface area (Å²) in [7, 11) is 0. The van der Waals surface area contributed by atoms with Crippen LogP contribution in [0.4, 0.5) is 0 Å². The average Bonchev–Trinajstić information content (AvgIpc) is 2.43. The predicted molar refractivity (Wildman–Crippen MR) is 87.8 cm³/mol. The van der Waals surface area contributed by atoms with Gasteiger partial charge < -0.3 is 9.84 Å². The van der Waals surface area contributed by atoms with Crippen LogP contribution in [0.1, 0.15) is 53.4 Å². The van der Waals surface area contributed by atoms with Crippen LogP contribution in [-0.2, 0) is 14.3 Å². The van der Waals surface area contributed by atoms with Crippen molar-refractivity contribution in [1.29, 1.82) is 0 Å². The molecule has 0 rings (SSSR count). The van der Waals surface area contributed by atoms with Gasteiger partial charge in [-0.1, -0.05) is 13.8 Å². The molecule has 0 aliphatic carbocycles. The Morgan fingerprint density at radius 1 is 1.10 bits per heavy atom. The van der Waals surface area contributed by atoms with Gasteiger partial charge in [0.05, 0.1) is 6.61 Å². The molecule has 0 aromatic heterocycles. The Morgan fingerprint density at radius 2 is 1.62 bits per heavy atom. The molecule has 2 radical (unpaired) electrons. The number of carbonyl (C=O) groups is 2. The summed E-state index contributed by atoms with van der Waals surface area (Å²) in [6.45, 7) is 8.68. The van der Waals surface area contributed by atoms with Gasteiger partial charge in [-0.05, 0) is 5.92 Å². The first kappa shape index (κ1) is 22.8. The number of rotatable bonds is 10. The first-order valence-electron chi connectivity index (χ1n) is 7.72. The van der Waals surface area contributed by atoms with E-state index in [1.807, 2.05) is 13.8 Å². The minimum atomic E-state index is -1.16. The zero-order valence-electron chi connectivity index (χ0n) is 13.9. The van der Waals surface area contributed by atoms with Crippen LogP contribution in [0.2, 0.25) is 8.87 Å². The fraction of sp³-hybridized carbons (Fsp3) is 0.750. The van der Waals surface area contributed by atoms with Crippen molar-refractivity contribution in [3.63, 3.8) is 0 Å². The number of carboxylic acid groups (broad SMARTS) is 1. The Kier molecular flexibility index (Phi) is 19.0. The van der Waals surface area contributed by atoms with Crippen LogP contribution in [0.15, 0.2) is 12.2 Å². The molecule has 0 aromatic carbocycles. The molecular formula is C16H30O4Sn. The summed E-state index contributed by atoms with van der Waals surface area (Å²) in [5, 5.41) is 8.15. The van der Waals surface area contributed by atoms with E-state index in [-0.39, 0.29) is 27.1 Å². The number of ether oxygens (including phenoxy) is 1. The van der Waals surface area contributed by atoms with Gasteiger partial charge in [-0.25, -0.2) is 9.59 Å². The molecule has 0 aliphatic rings. The Labute approximate surface area is 139 Å². The predicted octanol–water partition coefficient (Wildman–Crippen LogP) is 3.95. The number of unbranched alkanes of at least 4 members (excludes halogenated alkanes) is 2. The molecule has 0 atom stereocenters. The number of aliphatic carboxylic acids is 1. The van der Waals surface area contributed by atoms with Gasteiger partial charge in [0.25, 0.3) is 0 Å². The third-order valence-corrected chi connectivity index (χ3v) is 6.37. The third kappa shape index (κ3) is 24.8. The molecule has 0 amide bonds. The molecule has 0 spiro atoms. The van der Waals surface area contributed by atoms with E-state index in [2.05, 4.69) is 18.6 Å². The van der Waals surface area contributed by atoms with Crippen LogP contribution < -0.4 is 0 Å². The van der Waals surface area contributed by atoms with Crippen molar-refractivity contribution in [2.24, 2.45) is 5.92 Å². The average molecular weight is 405 g/mol. The van der Waals surface area contributed by atoms with E-state index < -0.39 is 11.9 Å². The summed E-state index contributed by atoms with van der Waals surface area (Å²) in [4.78, 5) is 20.6. The molecule has 0 saturated carbocycles. The second-order valence-electron chi connectivity index (χ2n) is 5.15. The monoisotopic (exact) mass is 406 g/mol. The van der Waals surface area contributed by atoms with Gasteiger partial charge in [0.1, 0.15) is 0 Å². The SMILES string of the molecule is CC(C)COC(=O)C=CC(=O)O.CCC[CH2][Sn][CH2]CCC. The summed E-state index contributed by atoms with van der Waals surface area (Å²) in [5.41, 5.74) is 0. The van der Waals surface area contributed by atoms with Crippen molar-refractivity contribution >= 4 is 33.1 Å². The molecule has 0 unspecified atom stereocenters. The molecule has 21 heavy (non-hydrogen) atoms. The zero-order chi connectivity index (χ0) is 16.5. The number of hydrogen-bond donors (Lipinski definition) is 1. The van der Waals surface area contributed by atoms with E-state index in [9.17, 15) is 9.59 Å². The van der Waals surface area contributed by atoms with Crippen LogP contribution in [0.25, 0.3) is 0 Å². The van der Waals surface area contributed by atoms with Crippen LogP contribution in [-0.4, -0.2) is 44.8 Å². The number of carboxylic acids is 1. The van der Waals surface area contributed by atoms with Crippen LogP contribution in [0, 0.1) is 5.92 Å². The summed E-state index contributed by atoms with van der Waals surface area (Å²) in [6, 6.07) is 0. The quantitative estimate of drug-likeness (QED) is 0.259. The van der Waals surface area contributed by atoms with E-state index in [4.69, 9.17) is 5.11 Å². The molecule has 122 valence electrons. The number of esters is 1. The summed E-state index contributed by atoms with van der Waals surface area (Å²) >= 11 is 0.149. The molecule has 0 aromatic rings. The standard InChI is InChI=1S/C8H12O4.2C4H9.Sn/c1-6(2)5-12-8(11)4-3-7(9)10;2*1-3-4-2;/h3-4,6H,5H2,1-2H3,(H,9,10);2*1,3-4H2,2H3;. The van der Waals surface area contributed by atoms with Gasteiger partial charge in [-0.15, -0.1) is 0 Å². The first-order valence-corrected chi connectivity index (χ1v) is 11.8. The minimum absolute atomic E-state index is 0.149. The molecule has 5 heteroatoms. The van der Waals surface area contributed by atoms with Gasteiger partial charge >= 0.3 is 81.5 Å². The second-order valence-corrected chi connectivity index (χ2v) is 9.43. The normalized spacial score (nSPS) is 10.3. The van der Waals surface area contributed by atoms with Crippen molar-refractivity contribution in [2.45, 2.75) is 62.3 Å². The number of carbonyl (C=O) groups excluding carboxylic acids is 1. The first-order chi connectivity index (χ1) is 9.93. The molecular weight excluding hydrogens is 375 g/mol. The molecule has 0 saturated heterocycles. The summed E-state index contributed by atoms with van der Waals surface area (Å²) in [5.74, 6) is -1.52. The van der Waals surface area contributed by atoms with Crippen LogP contribution in [0.5, 0.6) is 0 Å². The van der Waals surface area contributed by atoms with E-state index in [0.29, 0.717) is 6.61 Å². The second kappa shape index (κ2) is 17.5. The summed E-state index contributed by atoms with van der Waals surface area (Å²) in [6.07, 6.45) is 7.49. The maximum absolute atomic E-state index is 10.7. The van der Waals surface area contributed by atoms with E-state index >= 15 is 0 Å². The van der Waals surface area contributed by atoms with Crippen LogP contribution in [0.3, 0.4) is 0 Å². The fourth-order valence-electron chi connectivity index (χ4n) is 1.16. The van der Waals surface area contributed by atoms with Crippen molar-refractivity contribution in [3.05, 3.63) is 12.2 Å². The van der Waals surface area contributed by atoms with Gasteiger partial charge in [0.15, 0.2) is 0 Å². The Hall–Kier alpha value is -0.521. The third-order valence-electron chi connectivity index (χ3n) is 2.34. The van der Waals surface area contributed by atoms with Gasteiger partial charge in [-0.2, -0.15) is 0 Å². The molecule has 0 bridgehead atoms.